The fourth-order valence-corrected chi connectivity index (χ4v) is 2.29. The first-order valence-electron chi connectivity index (χ1n) is 6.33. The van der Waals surface area contributed by atoms with Gasteiger partial charge in [-0.05, 0) is 47.9 Å². The molecule has 0 N–H and O–H groups in total. The largest absolute Gasteiger partial charge is 0.489 e. The second-order valence-electron chi connectivity index (χ2n) is 4.86. The summed E-state index contributed by atoms with van der Waals surface area (Å²) < 4.78 is 33.3. The van der Waals surface area contributed by atoms with Crippen LogP contribution in [0.2, 0.25) is 0 Å². The molecular formula is C16H15BrF2O. The van der Waals surface area contributed by atoms with Crippen LogP contribution in [0.1, 0.15) is 30.9 Å². The lowest BCUT2D eigenvalue weighted by molar-refractivity contribution is 0.295. The van der Waals surface area contributed by atoms with Crippen molar-refractivity contribution in [3.05, 3.63) is 63.6 Å². The van der Waals surface area contributed by atoms with Crippen LogP contribution < -0.4 is 4.74 Å². The Balaban J connectivity index is 2.20. The lowest BCUT2D eigenvalue weighted by atomic mass is 10.0. The summed E-state index contributed by atoms with van der Waals surface area (Å²) in [6.45, 7) is 4.11. The normalized spacial score (nSPS) is 10.9. The molecule has 2 rings (SSSR count). The zero-order valence-electron chi connectivity index (χ0n) is 11.3. The van der Waals surface area contributed by atoms with E-state index in [0.29, 0.717) is 5.75 Å². The Morgan fingerprint density at radius 3 is 2.55 bits per heavy atom. The second-order valence-corrected chi connectivity index (χ2v) is 5.78. The zero-order chi connectivity index (χ0) is 14.7. The molecular weight excluding hydrogens is 326 g/mol. The average molecular weight is 341 g/mol. The molecule has 4 heteroatoms. The van der Waals surface area contributed by atoms with Crippen molar-refractivity contribution < 1.29 is 13.5 Å². The molecule has 0 aliphatic rings. The van der Waals surface area contributed by atoms with Crippen LogP contribution in [-0.4, -0.2) is 0 Å². The summed E-state index contributed by atoms with van der Waals surface area (Å²) in [5, 5.41) is 0. The van der Waals surface area contributed by atoms with E-state index in [1.165, 1.54) is 0 Å². The maximum atomic E-state index is 13.5. The van der Waals surface area contributed by atoms with Crippen molar-refractivity contribution in [2.45, 2.75) is 26.4 Å². The van der Waals surface area contributed by atoms with Gasteiger partial charge in [-0.25, -0.2) is 8.78 Å². The molecule has 0 atom stereocenters. The summed E-state index contributed by atoms with van der Waals surface area (Å²) in [6, 6.07) is 9.03. The lowest BCUT2D eigenvalue weighted by Gasteiger charge is -2.15. The summed E-state index contributed by atoms with van der Waals surface area (Å²) in [7, 11) is 0. The number of rotatable bonds is 4. The number of hydrogen-bond acceptors (Lipinski definition) is 1. The first-order chi connectivity index (χ1) is 9.47. The molecule has 2 aromatic carbocycles. The van der Waals surface area contributed by atoms with Gasteiger partial charge in [0.2, 0.25) is 0 Å². The van der Waals surface area contributed by atoms with Gasteiger partial charge in [-0.1, -0.05) is 29.8 Å². The first kappa shape index (κ1) is 15.0. The van der Waals surface area contributed by atoms with Crippen molar-refractivity contribution in [3.8, 4) is 5.75 Å². The third-order valence-electron chi connectivity index (χ3n) is 2.98. The highest BCUT2D eigenvalue weighted by Crippen LogP contribution is 2.30. The molecule has 0 aromatic heterocycles. The topological polar surface area (TPSA) is 9.23 Å². The Bertz CT molecular complexity index is 611. The quantitative estimate of drug-likeness (QED) is 0.721. The van der Waals surface area contributed by atoms with E-state index in [0.717, 1.165) is 28.2 Å². The smallest absolute Gasteiger partial charge is 0.130 e. The van der Waals surface area contributed by atoms with Crippen LogP contribution in [0.3, 0.4) is 0 Å². The van der Waals surface area contributed by atoms with Gasteiger partial charge in [-0.2, -0.15) is 0 Å². The molecule has 20 heavy (non-hydrogen) atoms. The van der Waals surface area contributed by atoms with E-state index < -0.39 is 11.6 Å². The van der Waals surface area contributed by atoms with Gasteiger partial charge in [-0.3, -0.25) is 0 Å². The molecule has 0 aliphatic heterocycles. The van der Waals surface area contributed by atoms with Crippen LogP contribution >= 0.6 is 15.9 Å². The summed E-state index contributed by atoms with van der Waals surface area (Å²) >= 11 is 3.42. The monoisotopic (exact) mass is 340 g/mol. The molecule has 0 spiro atoms. The van der Waals surface area contributed by atoms with E-state index in [2.05, 4.69) is 29.8 Å². The molecule has 0 heterocycles. The van der Waals surface area contributed by atoms with Gasteiger partial charge in [0.25, 0.3) is 0 Å². The molecule has 2 aromatic rings. The third kappa shape index (κ3) is 3.57. The van der Waals surface area contributed by atoms with Crippen LogP contribution in [0.25, 0.3) is 0 Å². The third-order valence-corrected chi connectivity index (χ3v) is 3.48. The Morgan fingerprint density at radius 2 is 1.85 bits per heavy atom. The van der Waals surface area contributed by atoms with Crippen molar-refractivity contribution in [3.63, 3.8) is 0 Å². The Morgan fingerprint density at radius 1 is 1.10 bits per heavy atom. The van der Waals surface area contributed by atoms with Crippen molar-refractivity contribution in [1.29, 1.82) is 0 Å². The maximum Gasteiger partial charge on any atom is 0.130 e. The number of hydrogen-bond donors (Lipinski definition) is 0. The van der Waals surface area contributed by atoms with Gasteiger partial charge in [0.05, 0.1) is 0 Å². The van der Waals surface area contributed by atoms with Crippen LogP contribution in [-0.2, 0) is 6.61 Å². The predicted molar refractivity (Wildman–Crippen MR) is 78.9 cm³/mol. The molecule has 1 nitrogen and oxygen atoms in total. The van der Waals surface area contributed by atoms with E-state index in [-0.39, 0.29) is 18.1 Å². The van der Waals surface area contributed by atoms with E-state index >= 15 is 0 Å². The van der Waals surface area contributed by atoms with Crippen LogP contribution in [0.4, 0.5) is 8.78 Å². The number of benzene rings is 2. The highest BCUT2D eigenvalue weighted by molar-refractivity contribution is 9.10. The molecule has 0 unspecified atom stereocenters. The first-order valence-corrected chi connectivity index (χ1v) is 7.13. The van der Waals surface area contributed by atoms with Gasteiger partial charge in [0.15, 0.2) is 0 Å². The zero-order valence-corrected chi connectivity index (χ0v) is 12.9. The van der Waals surface area contributed by atoms with Gasteiger partial charge < -0.3 is 4.74 Å². The molecule has 0 saturated heterocycles. The van der Waals surface area contributed by atoms with Crippen molar-refractivity contribution in [2.75, 3.05) is 0 Å². The van der Waals surface area contributed by atoms with Gasteiger partial charge in [0, 0.05) is 10.0 Å². The summed E-state index contributed by atoms with van der Waals surface area (Å²) in [5.74, 6) is 0.0335. The van der Waals surface area contributed by atoms with E-state index in [1.807, 2.05) is 18.2 Å². The molecule has 0 saturated carbocycles. The van der Waals surface area contributed by atoms with Gasteiger partial charge in [-0.15, -0.1) is 0 Å². The molecule has 0 radical (unpaired) electrons. The van der Waals surface area contributed by atoms with Crippen LogP contribution in [0.5, 0.6) is 5.75 Å². The summed E-state index contributed by atoms with van der Waals surface area (Å²) in [6.07, 6.45) is 0. The van der Waals surface area contributed by atoms with Crippen molar-refractivity contribution in [2.24, 2.45) is 0 Å². The van der Waals surface area contributed by atoms with Crippen molar-refractivity contribution >= 4 is 15.9 Å². The Hall–Kier alpha value is -1.42. The second kappa shape index (κ2) is 6.35. The molecule has 0 aliphatic carbocycles. The SMILES string of the molecule is CC(C)c1cc(Br)ccc1OCc1cc(F)ccc1F. The number of halogens is 3. The average Bonchev–Trinajstić information content (AvgIpc) is 2.40. The van der Waals surface area contributed by atoms with Crippen molar-refractivity contribution in [1.82, 2.24) is 0 Å². The Labute approximate surface area is 125 Å². The van der Waals surface area contributed by atoms with E-state index in [1.54, 1.807) is 0 Å². The highest BCUT2D eigenvalue weighted by Gasteiger charge is 2.10. The maximum absolute atomic E-state index is 13.5. The molecule has 0 bridgehead atoms. The van der Waals surface area contributed by atoms with Gasteiger partial charge in [0.1, 0.15) is 24.0 Å². The van der Waals surface area contributed by atoms with Crippen LogP contribution in [0.15, 0.2) is 40.9 Å². The fraction of sp³-hybridized carbons (Fsp3) is 0.250. The highest BCUT2D eigenvalue weighted by atomic mass is 79.9. The minimum atomic E-state index is -0.468. The lowest BCUT2D eigenvalue weighted by Crippen LogP contribution is -2.02. The van der Waals surface area contributed by atoms with Gasteiger partial charge >= 0.3 is 0 Å². The number of ether oxygens (including phenoxy) is 1. The minimum Gasteiger partial charge on any atom is -0.489 e. The Kier molecular flexibility index (Phi) is 4.76. The summed E-state index contributed by atoms with van der Waals surface area (Å²) in [5.41, 5.74) is 1.24. The molecule has 0 amide bonds. The standard InChI is InChI=1S/C16H15BrF2O/c1-10(2)14-8-12(17)3-6-16(14)20-9-11-7-13(18)4-5-15(11)19/h3-8,10H,9H2,1-2H3. The molecule has 106 valence electrons. The summed E-state index contributed by atoms with van der Waals surface area (Å²) in [4.78, 5) is 0. The fourth-order valence-electron chi connectivity index (χ4n) is 1.91. The minimum absolute atomic E-state index is 0.00491. The molecule has 0 fully saturated rings. The predicted octanol–water partition coefficient (Wildman–Crippen LogP) is 5.43. The van der Waals surface area contributed by atoms with E-state index in [9.17, 15) is 8.78 Å². The van der Waals surface area contributed by atoms with E-state index in [4.69, 9.17) is 4.74 Å². The van der Waals surface area contributed by atoms with Crippen LogP contribution in [0, 0.1) is 11.6 Å².